The highest BCUT2D eigenvalue weighted by Crippen LogP contribution is 1.85. The van der Waals surface area contributed by atoms with E-state index in [0.717, 1.165) is 0 Å². The van der Waals surface area contributed by atoms with Gasteiger partial charge in [-0.2, -0.15) is 0 Å². The van der Waals surface area contributed by atoms with Crippen molar-refractivity contribution in [3.8, 4) is 0 Å². The highest BCUT2D eigenvalue weighted by atomic mass is 16.5. The van der Waals surface area contributed by atoms with E-state index in [1.807, 2.05) is 0 Å². The standard InChI is InChI=1S/C4H8O4/c1-8-3(2-5)4(6)7/h3,5H,2H2,1H3,(H,6,7)/t3-/m0/s1. The topological polar surface area (TPSA) is 66.8 Å². The van der Waals surface area contributed by atoms with Crippen molar-refractivity contribution in [1.29, 1.82) is 0 Å². The van der Waals surface area contributed by atoms with E-state index in [1.54, 1.807) is 0 Å². The van der Waals surface area contributed by atoms with Crippen molar-refractivity contribution in [2.24, 2.45) is 0 Å². The van der Waals surface area contributed by atoms with Crippen molar-refractivity contribution in [1.82, 2.24) is 0 Å². The molecule has 0 unspecified atom stereocenters. The molecule has 0 fully saturated rings. The Kier molecular flexibility index (Phi) is 3.14. The second kappa shape index (κ2) is 3.40. The molecule has 8 heavy (non-hydrogen) atoms. The largest absolute Gasteiger partial charge is 0.479 e. The molecule has 0 radical (unpaired) electrons. The Morgan fingerprint density at radius 3 is 2.38 bits per heavy atom. The second-order valence-corrected chi connectivity index (χ2v) is 1.25. The number of aliphatic hydroxyl groups excluding tert-OH is 1. The van der Waals surface area contributed by atoms with E-state index in [2.05, 4.69) is 4.74 Å². The van der Waals surface area contributed by atoms with Gasteiger partial charge in [-0.3, -0.25) is 0 Å². The predicted octanol–water partition coefficient (Wildman–Crippen LogP) is -0.922. The number of aliphatic carboxylic acids is 1. The summed E-state index contributed by atoms with van der Waals surface area (Å²) in [6.45, 7) is -0.480. The number of rotatable bonds is 3. The first kappa shape index (κ1) is 7.39. The van der Waals surface area contributed by atoms with Crippen LogP contribution < -0.4 is 0 Å². The van der Waals surface area contributed by atoms with E-state index in [0.29, 0.717) is 0 Å². The van der Waals surface area contributed by atoms with E-state index in [4.69, 9.17) is 10.2 Å². The fourth-order valence-corrected chi connectivity index (χ4v) is 0.253. The van der Waals surface area contributed by atoms with Crippen LogP contribution in [0.4, 0.5) is 0 Å². The molecule has 0 rings (SSSR count). The molecule has 0 bridgehead atoms. The number of methoxy groups -OCH3 is 1. The molecule has 1 atom stereocenters. The van der Waals surface area contributed by atoms with Gasteiger partial charge in [0, 0.05) is 7.11 Å². The lowest BCUT2D eigenvalue weighted by molar-refractivity contribution is -0.150. The van der Waals surface area contributed by atoms with E-state index < -0.39 is 18.7 Å². The molecule has 0 aliphatic carbocycles. The van der Waals surface area contributed by atoms with Gasteiger partial charge in [-0.15, -0.1) is 0 Å². The SMILES string of the molecule is CO[C@@H](CO)C(=O)O. The van der Waals surface area contributed by atoms with Crippen molar-refractivity contribution in [2.75, 3.05) is 13.7 Å². The average molecular weight is 120 g/mol. The van der Waals surface area contributed by atoms with Crippen LogP contribution in [0.1, 0.15) is 0 Å². The first-order chi connectivity index (χ1) is 3.72. The summed E-state index contributed by atoms with van der Waals surface area (Å²) in [5.41, 5.74) is 0. The number of hydrogen-bond acceptors (Lipinski definition) is 3. The lowest BCUT2D eigenvalue weighted by Crippen LogP contribution is -2.25. The van der Waals surface area contributed by atoms with Gasteiger partial charge in [0.05, 0.1) is 6.61 Å². The second-order valence-electron chi connectivity index (χ2n) is 1.25. The molecule has 0 saturated carbocycles. The third kappa shape index (κ3) is 1.90. The molecule has 0 amide bonds. The fraction of sp³-hybridized carbons (Fsp3) is 0.750. The molecule has 2 N–H and O–H groups in total. The van der Waals surface area contributed by atoms with Crippen LogP contribution in [0.3, 0.4) is 0 Å². The van der Waals surface area contributed by atoms with Crippen LogP contribution >= 0.6 is 0 Å². The van der Waals surface area contributed by atoms with Crippen LogP contribution in [0.25, 0.3) is 0 Å². The number of carbonyl (C=O) groups is 1. The molecular formula is C4H8O4. The van der Waals surface area contributed by atoms with Crippen molar-refractivity contribution >= 4 is 5.97 Å². The van der Waals surface area contributed by atoms with Gasteiger partial charge in [-0.1, -0.05) is 0 Å². The maximum Gasteiger partial charge on any atom is 0.335 e. The normalized spacial score (nSPS) is 13.2. The smallest absolute Gasteiger partial charge is 0.335 e. The first-order valence-corrected chi connectivity index (χ1v) is 2.08. The summed E-state index contributed by atoms with van der Waals surface area (Å²) in [5.74, 6) is -1.14. The molecular weight excluding hydrogens is 112 g/mol. The third-order valence-corrected chi connectivity index (χ3v) is 0.726. The predicted molar refractivity (Wildman–Crippen MR) is 25.5 cm³/mol. The number of carboxylic acid groups (broad SMARTS) is 1. The molecule has 0 aromatic heterocycles. The summed E-state index contributed by atoms with van der Waals surface area (Å²) in [5, 5.41) is 16.3. The third-order valence-electron chi connectivity index (χ3n) is 0.726. The van der Waals surface area contributed by atoms with Gasteiger partial charge in [0.1, 0.15) is 0 Å². The molecule has 0 aliphatic heterocycles. The van der Waals surface area contributed by atoms with Gasteiger partial charge < -0.3 is 14.9 Å². The molecule has 0 aromatic carbocycles. The van der Waals surface area contributed by atoms with Crippen molar-refractivity contribution in [3.63, 3.8) is 0 Å². The molecule has 4 nitrogen and oxygen atoms in total. The van der Waals surface area contributed by atoms with Crippen LogP contribution in [-0.2, 0) is 9.53 Å². The zero-order valence-corrected chi connectivity index (χ0v) is 4.50. The first-order valence-electron chi connectivity index (χ1n) is 2.08. The Balaban J connectivity index is 3.52. The van der Waals surface area contributed by atoms with Crippen molar-refractivity contribution in [2.45, 2.75) is 6.10 Å². The maximum atomic E-state index is 9.88. The highest BCUT2D eigenvalue weighted by Gasteiger charge is 2.12. The monoisotopic (exact) mass is 120 g/mol. The lowest BCUT2D eigenvalue weighted by Gasteiger charge is -2.03. The Morgan fingerprint density at radius 2 is 2.38 bits per heavy atom. The van der Waals surface area contributed by atoms with E-state index in [-0.39, 0.29) is 0 Å². The molecule has 0 spiro atoms. The van der Waals surface area contributed by atoms with Gasteiger partial charge in [0.25, 0.3) is 0 Å². The van der Waals surface area contributed by atoms with Gasteiger partial charge in [-0.25, -0.2) is 4.79 Å². The fourth-order valence-electron chi connectivity index (χ4n) is 0.253. The average Bonchev–Trinajstić information content (AvgIpc) is 1.69. The molecule has 0 saturated heterocycles. The van der Waals surface area contributed by atoms with Crippen molar-refractivity contribution < 1.29 is 19.7 Å². The number of ether oxygens (including phenoxy) is 1. The zero-order valence-electron chi connectivity index (χ0n) is 4.50. The number of carboxylic acids is 1. The summed E-state index contributed by atoms with van der Waals surface area (Å²) in [6.07, 6.45) is -1.07. The zero-order chi connectivity index (χ0) is 6.57. The van der Waals surface area contributed by atoms with Crippen LogP contribution in [0, 0.1) is 0 Å². The number of aliphatic hydroxyl groups is 1. The summed E-state index contributed by atoms with van der Waals surface area (Å²) < 4.78 is 4.31. The number of hydrogen-bond donors (Lipinski definition) is 2. The molecule has 0 heterocycles. The quantitative estimate of drug-likeness (QED) is 0.505. The van der Waals surface area contributed by atoms with Gasteiger partial charge >= 0.3 is 5.97 Å². The Bertz CT molecular complexity index is 76.1. The Morgan fingerprint density at radius 1 is 1.88 bits per heavy atom. The minimum atomic E-state index is -1.14. The Labute approximate surface area is 46.7 Å². The van der Waals surface area contributed by atoms with Gasteiger partial charge in [0.15, 0.2) is 6.10 Å². The molecule has 0 aliphatic rings. The summed E-state index contributed by atoms with van der Waals surface area (Å²) in [7, 11) is 1.23. The van der Waals surface area contributed by atoms with Gasteiger partial charge in [0.2, 0.25) is 0 Å². The highest BCUT2D eigenvalue weighted by molar-refractivity contribution is 5.72. The van der Waals surface area contributed by atoms with Crippen LogP contribution in [0.15, 0.2) is 0 Å². The molecule has 4 heteroatoms. The van der Waals surface area contributed by atoms with Crippen molar-refractivity contribution in [3.05, 3.63) is 0 Å². The summed E-state index contributed by atoms with van der Waals surface area (Å²) >= 11 is 0. The van der Waals surface area contributed by atoms with Crippen LogP contribution in [0.2, 0.25) is 0 Å². The maximum absolute atomic E-state index is 9.88. The minimum absolute atomic E-state index is 0.480. The summed E-state index contributed by atoms with van der Waals surface area (Å²) in [4.78, 5) is 9.88. The van der Waals surface area contributed by atoms with E-state index in [1.165, 1.54) is 7.11 Å². The van der Waals surface area contributed by atoms with Crippen LogP contribution in [0.5, 0.6) is 0 Å². The van der Waals surface area contributed by atoms with E-state index in [9.17, 15) is 4.79 Å². The Hall–Kier alpha value is -0.610. The minimum Gasteiger partial charge on any atom is -0.479 e. The molecule has 0 aromatic rings. The van der Waals surface area contributed by atoms with Gasteiger partial charge in [-0.05, 0) is 0 Å². The van der Waals surface area contributed by atoms with E-state index >= 15 is 0 Å². The van der Waals surface area contributed by atoms with Crippen LogP contribution in [-0.4, -0.2) is 36.0 Å². The summed E-state index contributed by atoms with van der Waals surface area (Å²) in [6, 6.07) is 0. The lowest BCUT2D eigenvalue weighted by atomic mass is 10.4. The molecule has 48 valence electrons.